The van der Waals surface area contributed by atoms with Gasteiger partial charge < -0.3 is 21.7 Å². The van der Waals surface area contributed by atoms with Gasteiger partial charge in [-0.05, 0) is 63.0 Å². The molecule has 0 saturated heterocycles. The van der Waals surface area contributed by atoms with Gasteiger partial charge in [0.05, 0.1) is 12.2 Å². The molecule has 0 radical (unpaired) electrons. The molecule has 0 saturated carbocycles. The first-order valence-electron chi connectivity index (χ1n) is 11.9. The predicted molar refractivity (Wildman–Crippen MR) is 132 cm³/mol. The monoisotopic (exact) mass is 442 g/mol. The zero-order chi connectivity index (χ0) is 23.0. The predicted octanol–water partition coefficient (Wildman–Crippen LogP) is 2.19. The highest BCUT2D eigenvalue weighted by Crippen LogP contribution is 2.11. The Hall–Kier alpha value is -1.80. The second-order valence-electron chi connectivity index (χ2n) is 8.61. The zero-order valence-corrected chi connectivity index (χ0v) is 19.4. The van der Waals surface area contributed by atoms with Crippen LogP contribution < -0.4 is 11.5 Å². The van der Waals surface area contributed by atoms with Crippen LogP contribution in [0.15, 0.2) is 60.7 Å². The van der Waals surface area contributed by atoms with Crippen molar-refractivity contribution in [2.24, 2.45) is 11.5 Å². The van der Waals surface area contributed by atoms with Crippen LogP contribution >= 0.6 is 0 Å². The summed E-state index contributed by atoms with van der Waals surface area (Å²) in [7, 11) is 0. The summed E-state index contributed by atoms with van der Waals surface area (Å²) < 4.78 is 0. The first kappa shape index (κ1) is 26.5. The molecule has 2 aromatic rings. The molecule has 6 heteroatoms. The normalized spacial score (nSPS) is 13.6. The maximum atomic E-state index is 10.3. The Morgan fingerprint density at radius 2 is 1.00 bits per heavy atom. The standard InChI is InChI=1S/C26H42N4O2/c27-15-13-25(31)21-29(19-23-9-3-1-4-10-23)17-7-8-18-30(22-26(32)14-16-28)20-24-11-5-2-6-12-24/h1-6,9-12,25-26,31-32H,7-8,13-22,27-28H2. The lowest BCUT2D eigenvalue weighted by Crippen LogP contribution is -2.35. The third-order valence-corrected chi connectivity index (χ3v) is 5.63. The topological polar surface area (TPSA) is 99.0 Å². The molecule has 2 atom stereocenters. The quantitative estimate of drug-likeness (QED) is 0.280. The molecule has 0 amide bonds. The van der Waals surface area contributed by atoms with E-state index in [0.717, 1.165) is 39.0 Å². The Labute approximate surface area is 193 Å². The van der Waals surface area contributed by atoms with Crippen molar-refractivity contribution in [2.45, 2.75) is 51.0 Å². The van der Waals surface area contributed by atoms with Gasteiger partial charge in [0.1, 0.15) is 0 Å². The second-order valence-corrected chi connectivity index (χ2v) is 8.61. The van der Waals surface area contributed by atoms with Gasteiger partial charge in [0.25, 0.3) is 0 Å². The summed E-state index contributed by atoms with van der Waals surface area (Å²) in [4.78, 5) is 4.64. The summed E-state index contributed by atoms with van der Waals surface area (Å²) in [5.41, 5.74) is 13.8. The number of unbranched alkanes of at least 4 members (excludes halogenated alkanes) is 1. The Morgan fingerprint density at radius 3 is 1.34 bits per heavy atom. The van der Waals surface area contributed by atoms with Crippen LogP contribution in [-0.2, 0) is 13.1 Å². The molecule has 0 aliphatic carbocycles. The van der Waals surface area contributed by atoms with Crippen molar-refractivity contribution >= 4 is 0 Å². The number of hydrogen-bond donors (Lipinski definition) is 4. The van der Waals surface area contributed by atoms with Crippen LogP contribution in [0.4, 0.5) is 0 Å². The fourth-order valence-electron chi connectivity index (χ4n) is 3.99. The summed E-state index contributed by atoms with van der Waals surface area (Å²) in [6, 6.07) is 20.8. The molecule has 0 spiro atoms. The SMILES string of the molecule is NCCC(O)CN(CCCCN(Cc1ccccc1)CC(O)CCN)Cc1ccccc1. The van der Waals surface area contributed by atoms with Crippen LogP contribution in [0.3, 0.4) is 0 Å². The number of hydrogen-bond acceptors (Lipinski definition) is 6. The number of benzene rings is 2. The molecule has 0 aliphatic heterocycles. The van der Waals surface area contributed by atoms with E-state index in [9.17, 15) is 10.2 Å². The van der Waals surface area contributed by atoms with E-state index in [-0.39, 0.29) is 0 Å². The number of nitrogens with two attached hydrogens (primary N) is 2. The van der Waals surface area contributed by atoms with Crippen LogP contribution in [-0.4, -0.2) is 71.5 Å². The number of aliphatic hydroxyl groups excluding tert-OH is 2. The Kier molecular flexibility index (Phi) is 13.2. The maximum absolute atomic E-state index is 10.3. The summed E-state index contributed by atoms with van der Waals surface area (Å²) in [6.07, 6.45) is 2.50. The Morgan fingerprint density at radius 1 is 0.625 bits per heavy atom. The molecule has 0 bridgehead atoms. The molecule has 2 aromatic carbocycles. The highest BCUT2D eigenvalue weighted by Gasteiger charge is 2.14. The van der Waals surface area contributed by atoms with Crippen molar-refractivity contribution in [3.63, 3.8) is 0 Å². The Balaban J connectivity index is 1.87. The number of nitrogens with zero attached hydrogens (tertiary/aromatic N) is 2. The van der Waals surface area contributed by atoms with Gasteiger partial charge in [-0.25, -0.2) is 0 Å². The van der Waals surface area contributed by atoms with Gasteiger partial charge in [-0.3, -0.25) is 9.80 Å². The molecule has 6 N–H and O–H groups in total. The van der Waals surface area contributed by atoms with Crippen molar-refractivity contribution in [1.82, 2.24) is 9.80 Å². The van der Waals surface area contributed by atoms with E-state index >= 15 is 0 Å². The summed E-state index contributed by atoms with van der Waals surface area (Å²) in [5.74, 6) is 0. The van der Waals surface area contributed by atoms with Crippen molar-refractivity contribution in [3.8, 4) is 0 Å². The molecule has 0 heterocycles. The largest absolute Gasteiger partial charge is 0.392 e. The lowest BCUT2D eigenvalue weighted by Gasteiger charge is -2.27. The third-order valence-electron chi connectivity index (χ3n) is 5.63. The molecule has 0 fully saturated rings. The summed E-state index contributed by atoms with van der Waals surface area (Å²) in [6.45, 7) is 5.75. The number of rotatable bonds is 17. The molecule has 0 aliphatic rings. The van der Waals surface area contributed by atoms with E-state index in [1.165, 1.54) is 11.1 Å². The van der Waals surface area contributed by atoms with Crippen molar-refractivity contribution < 1.29 is 10.2 Å². The van der Waals surface area contributed by atoms with E-state index in [4.69, 9.17) is 11.5 Å². The van der Waals surface area contributed by atoms with E-state index in [0.29, 0.717) is 39.0 Å². The fraction of sp³-hybridized carbons (Fsp3) is 0.538. The average Bonchev–Trinajstić information content (AvgIpc) is 2.78. The summed E-state index contributed by atoms with van der Waals surface area (Å²) in [5, 5.41) is 20.6. The van der Waals surface area contributed by atoms with E-state index in [2.05, 4.69) is 58.3 Å². The van der Waals surface area contributed by atoms with Crippen molar-refractivity contribution in [2.75, 3.05) is 39.3 Å². The van der Waals surface area contributed by atoms with Crippen LogP contribution in [0, 0.1) is 0 Å². The molecule has 32 heavy (non-hydrogen) atoms. The van der Waals surface area contributed by atoms with Gasteiger partial charge in [0, 0.05) is 26.2 Å². The second kappa shape index (κ2) is 15.9. The van der Waals surface area contributed by atoms with Crippen LogP contribution in [0.2, 0.25) is 0 Å². The lowest BCUT2D eigenvalue weighted by molar-refractivity contribution is 0.0942. The van der Waals surface area contributed by atoms with Crippen molar-refractivity contribution in [1.29, 1.82) is 0 Å². The minimum absolute atomic E-state index is 0.398. The highest BCUT2D eigenvalue weighted by molar-refractivity contribution is 5.15. The van der Waals surface area contributed by atoms with E-state index < -0.39 is 12.2 Å². The molecule has 0 aromatic heterocycles. The first-order valence-corrected chi connectivity index (χ1v) is 11.9. The molecule has 2 rings (SSSR count). The van der Waals surface area contributed by atoms with E-state index in [1.807, 2.05) is 12.1 Å². The van der Waals surface area contributed by atoms with Gasteiger partial charge >= 0.3 is 0 Å². The molecule has 6 nitrogen and oxygen atoms in total. The van der Waals surface area contributed by atoms with Crippen LogP contribution in [0.1, 0.15) is 36.8 Å². The molecular weight excluding hydrogens is 400 g/mol. The minimum Gasteiger partial charge on any atom is -0.392 e. The molecule has 178 valence electrons. The summed E-state index contributed by atoms with van der Waals surface area (Å²) >= 11 is 0. The first-order chi connectivity index (χ1) is 15.6. The highest BCUT2D eigenvalue weighted by atomic mass is 16.3. The van der Waals surface area contributed by atoms with Crippen molar-refractivity contribution in [3.05, 3.63) is 71.8 Å². The third kappa shape index (κ3) is 11.2. The van der Waals surface area contributed by atoms with Gasteiger partial charge in [-0.15, -0.1) is 0 Å². The number of aliphatic hydroxyl groups is 2. The zero-order valence-electron chi connectivity index (χ0n) is 19.4. The van der Waals surface area contributed by atoms with Gasteiger partial charge in [0.15, 0.2) is 0 Å². The average molecular weight is 443 g/mol. The minimum atomic E-state index is -0.398. The van der Waals surface area contributed by atoms with E-state index in [1.54, 1.807) is 0 Å². The smallest absolute Gasteiger partial charge is 0.0679 e. The lowest BCUT2D eigenvalue weighted by atomic mass is 10.1. The van der Waals surface area contributed by atoms with Gasteiger partial charge in [-0.1, -0.05) is 60.7 Å². The Bertz CT molecular complexity index is 640. The maximum Gasteiger partial charge on any atom is 0.0679 e. The van der Waals surface area contributed by atoms with Gasteiger partial charge in [-0.2, -0.15) is 0 Å². The molecule has 2 unspecified atom stereocenters. The van der Waals surface area contributed by atoms with Gasteiger partial charge in [0.2, 0.25) is 0 Å². The van der Waals surface area contributed by atoms with Crippen LogP contribution in [0.25, 0.3) is 0 Å². The van der Waals surface area contributed by atoms with Crippen LogP contribution in [0.5, 0.6) is 0 Å². The molecular formula is C26H42N4O2. The fourth-order valence-corrected chi connectivity index (χ4v) is 3.99.